The minimum absolute atomic E-state index is 0.0431. The van der Waals surface area contributed by atoms with Crippen molar-refractivity contribution in [2.24, 2.45) is 5.14 Å². The van der Waals surface area contributed by atoms with Gasteiger partial charge in [-0.05, 0) is 42.3 Å². The highest BCUT2D eigenvalue weighted by Gasteiger charge is 2.12. The fraction of sp³-hybridized carbons (Fsp3) is 0.200. The van der Waals surface area contributed by atoms with E-state index in [0.717, 1.165) is 12.0 Å². The van der Waals surface area contributed by atoms with E-state index in [2.05, 4.69) is 5.32 Å². The summed E-state index contributed by atoms with van der Waals surface area (Å²) in [5.74, 6) is -0.300. The molecule has 0 spiro atoms. The van der Waals surface area contributed by atoms with Gasteiger partial charge in [0.2, 0.25) is 10.0 Å². The Kier molecular flexibility index (Phi) is 4.59. The molecule has 1 unspecified atom stereocenters. The van der Waals surface area contributed by atoms with Crippen molar-refractivity contribution in [3.05, 3.63) is 59.9 Å². The number of primary sulfonamides is 1. The van der Waals surface area contributed by atoms with Crippen LogP contribution in [0.4, 0.5) is 10.1 Å². The highest BCUT2D eigenvalue weighted by Crippen LogP contribution is 2.24. The zero-order valence-electron chi connectivity index (χ0n) is 11.6. The number of anilines is 1. The summed E-state index contributed by atoms with van der Waals surface area (Å²) in [6.45, 7) is 1.96. The Bertz CT molecular complexity index is 732. The number of benzene rings is 2. The molecule has 2 rings (SSSR count). The van der Waals surface area contributed by atoms with Crippen LogP contribution in [0.25, 0.3) is 0 Å². The van der Waals surface area contributed by atoms with Crippen LogP contribution >= 0.6 is 0 Å². The van der Waals surface area contributed by atoms with Crippen molar-refractivity contribution in [2.45, 2.75) is 24.3 Å². The van der Waals surface area contributed by atoms with Gasteiger partial charge in [0.1, 0.15) is 5.82 Å². The molecule has 3 N–H and O–H groups in total. The van der Waals surface area contributed by atoms with Crippen LogP contribution in [-0.4, -0.2) is 8.42 Å². The van der Waals surface area contributed by atoms with Crippen LogP contribution in [0.5, 0.6) is 0 Å². The predicted molar refractivity (Wildman–Crippen MR) is 80.9 cm³/mol. The van der Waals surface area contributed by atoms with Gasteiger partial charge in [0.05, 0.1) is 10.9 Å². The van der Waals surface area contributed by atoms with Crippen molar-refractivity contribution >= 4 is 15.7 Å². The van der Waals surface area contributed by atoms with Crippen LogP contribution in [0.2, 0.25) is 0 Å². The summed E-state index contributed by atoms with van der Waals surface area (Å²) in [7, 11) is -3.74. The van der Waals surface area contributed by atoms with E-state index >= 15 is 0 Å². The molecule has 1 atom stereocenters. The van der Waals surface area contributed by atoms with Gasteiger partial charge in [-0.2, -0.15) is 0 Å². The third kappa shape index (κ3) is 4.03. The minimum atomic E-state index is -3.74. The summed E-state index contributed by atoms with van der Waals surface area (Å²) in [6, 6.07) is 12.5. The van der Waals surface area contributed by atoms with Gasteiger partial charge in [-0.3, -0.25) is 0 Å². The number of halogens is 1. The first kappa shape index (κ1) is 15.5. The van der Waals surface area contributed by atoms with Gasteiger partial charge in [-0.25, -0.2) is 17.9 Å². The van der Waals surface area contributed by atoms with Gasteiger partial charge in [0.25, 0.3) is 0 Å². The molecule has 6 heteroatoms. The molecule has 0 aliphatic rings. The lowest BCUT2D eigenvalue weighted by Gasteiger charge is -2.19. The van der Waals surface area contributed by atoms with E-state index in [9.17, 15) is 12.8 Å². The number of rotatable bonds is 5. The molecular weight excluding hydrogens is 291 g/mol. The molecular formula is C15H17FN2O2S. The Balaban J connectivity index is 2.27. The van der Waals surface area contributed by atoms with E-state index in [-0.39, 0.29) is 16.8 Å². The predicted octanol–water partition coefficient (Wildman–Crippen LogP) is 3.04. The molecule has 0 radical (unpaired) electrons. The van der Waals surface area contributed by atoms with Crippen molar-refractivity contribution in [1.29, 1.82) is 0 Å². The molecule has 0 aliphatic heterocycles. The molecule has 2 aromatic carbocycles. The fourth-order valence-corrected chi connectivity index (χ4v) is 2.67. The van der Waals surface area contributed by atoms with E-state index in [4.69, 9.17) is 5.14 Å². The molecule has 0 aliphatic carbocycles. The summed E-state index contributed by atoms with van der Waals surface area (Å²) in [5, 5.41) is 8.31. The molecule has 4 nitrogen and oxygen atoms in total. The van der Waals surface area contributed by atoms with Crippen LogP contribution in [0.1, 0.15) is 24.9 Å². The SMILES string of the molecule is CCC(Nc1cccc(S(N)(=O)=O)c1)c1cccc(F)c1. The Morgan fingerprint density at radius 3 is 2.52 bits per heavy atom. The van der Waals surface area contributed by atoms with Crippen molar-refractivity contribution in [1.82, 2.24) is 0 Å². The van der Waals surface area contributed by atoms with Gasteiger partial charge in [-0.1, -0.05) is 25.1 Å². The third-order valence-electron chi connectivity index (χ3n) is 3.16. The van der Waals surface area contributed by atoms with E-state index in [0.29, 0.717) is 5.69 Å². The molecule has 0 heterocycles. The number of hydrogen-bond donors (Lipinski definition) is 2. The van der Waals surface area contributed by atoms with E-state index < -0.39 is 10.0 Å². The topological polar surface area (TPSA) is 72.2 Å². The lowest BCUT2D eigenvalue weighted by molar-refractivity contribution is 0.598. The van der Waals surface area contributed by atoms with Crippen LogP contribution in [0, 0.1) is 5.82 Å². The molecule has 21 heavy (non-hydrogen) atoms. The summed E-state index contributed by atoms with van der Waals surface area (Å²) >= 11 is 0. The van der Waals surface area contributed by atoms with Crippen LogP contribution in [0.3, 0.4) is 0 Å². The largest absolute Gasteiger partial charge is 0.378 e. The van der Waals surface area contributed by atoms with E-state index in [1.54, 1.807) is 18.2 Å². The number of hydrogen-bond acceptors (Lipinski definition) is 3. The number of nitrogens with one attached hydrogen (secondary N) is 1. The van der Waals surface area contributed by atoms with Crippen molar-refractivity contribution < 1.29 is 12.8 Å². The molecule has 0 fully saturated rings. The third-order valence-corrected chi connectivity index (χ3v) is 4.07. The van der Waals surface area contributed by atoms with Crippen LogP contribution < -0.4 is 10.5 Å². The maximum atomic E-state index is 13.3. The second kappa shape index (κ2) is 6.24. The van der Waals surface area contributed by atoms with E-state index in [1.165, 1.54) is 24.3 Å². The Morgan fingerprint density at radius 2 is 1.90 bits per heavy atom. The summed E-state index contributed by atoms with van der Waals surface area (Å²) in [4.78, 5) is 0.0431. The lowest BCUT2D eigenvalue weighted by Crippen LogP contribution is -2.14. The Hall–Kier alpha value is -1.92. The first-order valence-corrected chi connectivity index (χ1v) is 8.09. The minimum Gasteiger partial charge on any atom is -0.378 e. The van der Waals surface area contributed by atoms with Gasteiger partial charge in [-0.15, -0.1) is 0 Å². The summed E-state index contributed by atoms with van der Waals surface area (Å²) in [6.07, 6.45) is 0.725. The maximum absolute atomic E-state index is 13.3. The normalized spacial score (nSPS) is 12.9. The second-order valence-corrected chi connectivity index (χ2v) is 6.29. The highest BCUT2D eigenvalue weighted by atomic mass is 32.2. The smallest absolute Gasteiger partial charge is 0.238 e. The average Bonchev–Trinajstić information content (AvgIpc) is 2.44. The van der Waals surface area contributed by atoms with Crippen molar-refractivity contribution in [3.63, 3.8) is 0 Å². The van der Waals surface area contributed by atoms with Gasteiger partial charge >= 0.3 is 0 Å². The maximum Gasteiger partial charge on any atom is 0.238 e. The van der Waals surface area contributed by atoms with Gasteiger partial charge < -0.3 is 5.32 Å². The van der Waals surface area contributed by atoms with Crippen molar-refractivity contribution in [3.8, 4) is 0 Å². The molecule has 0 saturated heterocycles. The number of sulfonamides is 1. The Labute approximate surface area is 123 Å². The van der Waals surface area contributed by atoms with Gasteiger partial charge in [0.15, 0.2) is 0 Å². The highest BCUT2D eigenvalue weighted by molar-refractivity contribution is 7.89. The number of nitrogens with two attached hydrogens (primary N) is 1. The van der Waals surface area contributed by atoms with E-state index in [1.807, 2.05) is 13.0 Å². The summed E-state index contributed by atoms with van der Waals surface area (Å²) < 4.78 is 36.0. The van der Waals surface area contributed by atoms with Crippen molar-refractivity contribution in [2.75, 3.05) is 5.32 Å². The zero-order valence-corrected chi connectivity index (χ0v) is 12.4. The fourth-order valence-electron chi connectivity index (χ4n) is 2.11. The van der Waals surface area contributed by atoms with Crippen LogP contribution in [-0.2, 0) is 10.0 Å². The zero-order chi connectivity index (χ0) is 15.5. The standard InChI is InChI=1S/C15H17FN2O2S/c1-2-15(11-5-3-6-12(16)9-11)18-13-7-4-8-14(10-13)21(17,19)20/h3-10,15,18H,2H2,1H3,(H2,17,19,20). The lowest BCUT2D eigenvalue weighted by atomic mass is 10.0. The first-order valence-electron chi connectivity index (χ1n) is 6.55. The molecule has 0 saturated carbocycles. The molecule has 0 amide bonds. The Morgan fingerprint density at radius 1 is 1.19 bits per heavy atom. The monoisotopic (exact) mass is 308 g/mol. The molecule has 0 aromatic heterocycles. The molecule has 2 aromatic rings. The molecule has 0 bridgehead atoms. The van der Waals surface area contributed by atoms with Gasteiger partial charge in [0, 0.05) is 5.69 Å². The molecule has 112 valence electrons. The average molecular weight is 308 g/mol. The van der Waals surface area contributed by atoms with Crippen LogP contribution in [0.15, 0.2) is 53.4 Å². The summed E-state index contributed by atoms with van der Waals surface area (Å²) in [5.41, 5.74) is 1.43. The quantitative estimate of drug-likeness (QED) is 0.891. The second-order valence-electron chi connectivity index (χ2n) is 4.73. The first-order chi connectivity index (χ1) is 9.90.